The van der Waals surface area contributed by atoms with E-state index in [-0.39, 0.29) is 0 Å². The largest absolute Gasteiger partial charge is 0.370 e. The topological polar surface area (TPSA) is 59.4 Å². The van der Waals surface area contributed by atoms with Crippen molar-refractivity contribution in [1.29, 1.82) is 0 Å². The molecule has 1 saturated heterocycles. The minimum Gasteiger partial charge on any atom is -0.370 e. The summed E-state index contributed by atoms with van der Waals surface area (Å²) in [6.07, 6.45) is 9.35. The number of rotatable bonds is 4. The number of piperidine rings is 1. The molecule has 0 bridgehead atoms. The molecule has 0 atom stereocenters. The van der Waals surface area contributed by atoms with E-state index >= 15 is 0 Å². The van der Waals surface area contributed by atoms with Crippen LogP contribution in [-0.2, 0) is 13.1 Å². The Bertz CT molecular complexity index is 612. The zero-order chi connectivity index (χ0) is 15.2. The Balaban J connectivity index is 1.62. The summed E-state index contributed by atoms with van der Waals surface area (Å²) in [7, 11) is 0. The molecule has 2 heterocycles. The standard InChI is InChI=1S/C17H23N5/c18-17(22-8-2-1-3-9-22)20-12-15-5-4-6-16(11-15)13-21-10-7-19-14-21/h4-7,10-11,14H,1-3,8-9,12-13H2,(H2,18,20). The number of benzene rings is 1. The van der Waals surface area contributed by atoms with E-state index in [1.165, 1.54) is 30.4 Å². The predicted octanol–water partition coefficient (Wildman–Crippen LogP) is 2.23. The first kappa shape index (κ1) is 14.6. The highest BCUT2D eigenvalue weighted by atomic mass is 15.2. The van der Waals surface area contributed by atoms with Crippen molar-refractivity contribution in [3.63, 3.8) is 0 Å². The van der Waals surface area contributed by atoms with Gasteiger partial charge in [-0.1, -0.05) is 24.3 Å². The number of hydrogen-bond donors (Lipinski definition) is 1. The van der Waals surface area contributed by atoms with Gasteiger partial charge in [0.1, 0.15) is 0 Å². The molecule has 0 unspecified atom stereocenters. The van der Waals surface area contributed by atoms with Gasteiger partial charge in [0, 0.05) is 32.0 Å². The third kappa shape index (κ3) is 3.87. The Hall–Kier alpha value is -2.30. The summed E-state index contributed by atoms with van der Waals surface area (Å²) in [6, 6.07) is 8.49. The van der Waals surface area contributed by atoms with Gasteiger partial charge in [0.2, 0.25) is 0 Å². The Kier molecular flexibility index (Phi) is 4.73. The third-order valence-electron chi connectivity index (χ3n) is 4.02. The Morgan fingerprint density at radius 2 is 2.00 bits per heavy atom. The molecule has 2 N–H and O–H groups in total. The summed E-state index contributed by atoms with van der Waals surface area (Å²) in [6.45, 7) is 3.55. The van der Waals surface area contributed by atoms with Crippen molar-refractivity contribution in [3.8, 4) is 0 Å². The molecule has 1 aliphatic rings. The van der Waals surface area contributed by atoms with Crippen LogP contribution in [0.1, 0.15) is 30.4 Å². The first-order chi connectivity index (χ1) is 10.8. The highest BCUT2D eigenvalue weighted by Crippen LogP contribution is 2.11. The van der Waals surface area contributed by atoms with E-state index in [1.54, 1.807) is 6.20 Å². The highest BCUT2D eigenvalue weighted by molar-refractivity contribution is 5.78. The number of aliphatic imine (C=N–C) groups is 1. The molecule has 1 aliphatic heterocycles. The molecular formula is C17H23N5. The molecule has 116 valence electrons. The Labute approximate surface area is 131 Å². The maximum absolute atomic E-state index is 6.11. The highest BCUT2D eigenvalue weighted by Gasteiger charge is 2.11. The van der Waals surface area contributed by atoms with Crippen LogP contribution in [0.4, 0.5) is 0 Å². The molecule has 1 fully saturated rings. The summed E-state index contributed by atoms with van der Waals surface area (Å²) < 4.78 is 2.06. The second kappa shape index (κ2) is 7.11. The average molecular weight is 297 g/mol. The van der Waals surface area contributed by atoms with Crippen LogP contribution in [0.3, 0.4) is 0 Å². The number of guanidine groups is 1. The first-order valence-electron chi connectivity index (χ1n) is 7.90. The van der Waals surface area contributed by atoms with Crippen LogP contribution in [0, 0.1) is 0 Å². The van der Waals surface area contributed by atoms with Gasteiger partial charge in [0.15, 0.2) is 5.96 Å². The fraction of sp³-hybridized carbons (Fsp3) is 0.412. The number of imidazole rings is 1. The molecular weight excluding hydrogens is 274 g/mol. The van der Waals surface area contributed by atoms with E-state index < -0.39 is 0 Å². The molecule has 1 aromatic heterocycles. The molecule has 3 rings (SSSR count). The predicted molar refractivity (Wildman–Crippen MR) is 88.5 cm³/mol. The number of likely N-dealkylation sites (tertiary alicyclic amines) is 1. The van der Waals surface area contributed by atoms with Gasteiger partial charge < -0.3 is 15.2 Å². The monoisotopic (exact) mass is 297 g/mol. The average Bonchev–Trinajstić information content (AvgIpc) is 3.07. The summed E-state index contributed by atoms with van der Waals surface area (Å²) in [5, 5.41) is 0. The molecule has 0 aliphatic carbocycles. The Morgan fingerprint density at radius 1 is 1.18 bits per heavy atom. The SMILES string of the molecule is NC(=NCc1cccc(Cn2ccnc2)c1)N1CCCCC1. The van der Waals surface area contributed by atoms with E-state index in [0.29, 0.717) is 12.5 Å². The van der Waals surface area contributed by atoms with Crippen molar-refractivity contribution >= 4 is 5.96 Å². The van der Waals surface area contributed by atoms with Gasteiger partial charge >= 0.3 is 0 Å². The van der Waals surface area contributed by atoms with Gasteiger partial charge in [-0.25, -0.2) is 9.98 Å². The van der Waals surface area contributed by atoms with Gasteiger partial charge in [-0.3, -0.25) is 0 Å². The molecule has 1 aromatic carbocycles. The van der Waals surface area contributed by atoms with E-state index in [9.17, 15) is 0 Å². The quantitative estimate of drug-likeness (QED) is 0.695. The lowest BCUT2D eigenvalue weighted by atomic mass is 10.1. The summed E-state index contributed by atoms with van der Waals surface area (Å²) in [4.78, 5) is 10.8. The van der Waals surface area contributed by atoms with Crippen LogP contribution in [-0.4, -0.2) is 33.5 Å². The van der Waals surface area contributed by atoms with Crippen molar-refractivity contribution in [2.75, 3.05) is 13.1 Å². The van der Waals surface area contributed by atoms with E-state index in [2.05, 4.69) is 43.7 Å². The molecule has 22 heavy (non-hydrogen) atoms. The number of nitrogens with zero attached hydrogens (tertiary/aromatic N) is 4. The lowest BCUT2D eigenvalue weighted by Crippen LogP contribution is -2.40. The minimum atomic E-state index is 0.639. The maximum Gasteiger partial charge on any atom is 0.191 e. The molecule has 0 spiro atoms. The second-order valence-corrected chi connectivity index (χ2v) is 5.78. The second-order valence-electron chi connectivity index (χ2n) is 5.78. The zero-order valence-electron chi connectivity index (χ0n) is 12.9. The maximum atomic E-state index is 6.11. The van der Waals surface area contributed by atoms with Crippen molar-refractivity contribution < 1.29 is 0 Å². The molecule has 2 aromatic rings. The van der Waals surface area contributed by atoms with Crippen molar-refractivity contribution in [3.05, 3.63) is 54.1 Å². The van der Waals surface area contributed by atoms with Crippen LogP contribution in [0.25, 0.3) is 0 Å². The molecule has 0 amide bonds. The third-order valence-corrected chi connectivity index (χ3v) is 4.02. The fourth-order valence-electron chi connectivity index (χ4n) is 2.81. The van der Waals surface area contributed by atoms with Crippen LogP contribution < -0.4 is 5.73 Å². The molecule has 0 radical (unpaired) electrons. The Morgan fingerprint density at radius 3 is 2.77 bits per heavy atom. The number of nitrogens with two attached hydrogens (primary N) is 1. The summed E-state index contributed by atoms with van der Waals surface area (Å²) in [5.74, 6) is 0.680. The molecule has 0 saturated carbocycles. The van der Waals surface area contributed by atoms with Gasteiger partial charge in [0.05, 0.1) is 12.9 Å². The van der Waals surface area contributed by atoms with Gasteiger partial charge in [0.25, 0.3) is 0 Å². The van der Waals surface area contributed by atoms with Crippen LogP contribution >= 0.6 is 0 Å². The van der Waals surface area contributed by atoms with Crippen molar-refractivity contribution in [1.82, 2.24) is 14.5 Å². The van der Waals surface area contributed by atoms with Crippen LogP contribution in [0.2, 0.25) is 0 Å². The van der Waals surface area contributed by atoms with Crippen molar-refractivity contribution in [2.24, 2.45) is 10.7 Å². The molecule has 5 nitrogen and oxygen atoms in total. The normalized spacial score (nSPS) is 16.0. The van der Waals surface area contributed by atoms with E-state index in [4.69, 9.17) is 5.73 Å². The fourth-order valence-corrected chi connectivity index (χ4v) is 2.81. The number of hydrogen-bond acceptors (Lipinski definition) is 2. The van der Waals surface area contributed by atoms with Crippen LogP contribution in [0.15, 0.2) is 48.0 Å². The smallest absolute Gasteiger partial charge is 0.191 e. The molecule has 5 heteroatoms. The van der Waals surface area contributed by atoms with Gasteiger partial charge in [-0.05, 0) is 30.4 Å². The van der Waals surface area contributed by atoms with E-state index in [0.717, 1.165) is 19.6 Å². The first-order valence-corrected chi connectivity index (χ1v) is 7.90. The summed E-state index contributed by atoms with van der Waals surface area (Å²) >= 11 is 0. The van der Waals surface area contributed by atoms with Crippen LogP contribution in [0.5, 0.6) is 0 Å². The van der Waals surface area contributed by atoms with Gasteiger partial charge in [-0.2, -0.15) is 0 Å². The van der Waals surface area contributed by atoms with E-state index in [1.807, 2.05) is 12.5 Å². The zero-order valence-corrected chi connectivity index (χ0v) is 12.9. The van der Waals surface area contributed by atoms with Crippen molar-refractivity contribution in [2.45, 2.75) is 32.4 Å². The number of aromatic nitrogens is 2. The lowest BCUT2D eigenvalue weighted by Gasteiger charge is -2.27. The minimum absolute atomic E-state index is 0.639. The summed E-state index contributed by atoms with van der Waals surface area (Å²) in [5.41, 5.74) is 8.55. The van der Waals surface area contributed by atoms with Gasteiger partial charge in [-0.15, -0.1) is 0 Å². The lowest BCUT2D eigenvalue weighted by molar-refractivity contribution is 0.338.